The first-order chi connectivity index (χ1) is 13.0. The summed E-state index contributed by atoms with van der Waals surface area (Å²) in [5.41, 5.74) is 2.21. The number of ether oxygens (including phenoxy) is 1. The second kappa shape index (κ2) is 7.82. The molecule has 0 radical (unpaired) electrons. The van der Waals surface area contributed by atoms with Crippen LogP contribution in [-0.4, -0.2) is 20.7 Å². The first kappa shape index (κ1) is 18.3. The van der Waals surface area contributed by atoms with Gasteiger partial charge in [-0.25, -0.2) is 0 Å². The summed E-state index contributed by atoms with van der Waals surface area (Å²) < 4.78 is 7.03. The van der Waals surface area contributed by atoms with Crippen molar-refractivity contribution in [3.63, 3.8) is 0 Å². The third-order valence-electron chi connectivity index (χ3n) is 4.26. The lowest BCUT2D eigenvalue weighted by Gasteiger charge is -2.19. The van der Waals surface area contributed by atoms with Gasteiger partial charge in [-0.05, 0) is 25.0 Å². The van der Waals surface area contributed by atoms with Crippen LogP contribution in [-0.2, 0) is 16.1 Å². The van der Waals surface area contributed by atoms with Gasteiger partial charge in [0.05, 0.1) is 4.92 Å². The van der Waals surface area contributed by atoms with Crippen molar-refractivity contribution in [1.82, 2.24) is 9.78 Å². The first-order valence-electron chi connectivity index (χ1n) is 8.45. The molecule has 7 heteroatoms. The quantitative estimate of drug-likeness (QED) is 0.377. The number of hydrogen-bond acceptors (Lipinski definition) is 5. The van der Waals surface area contributed by atoms with Gasteiger partial charge >= 0.3 is 11.7 Å². The minimum Gasteiger partial charge on any atom is -0.451 e. The molecule has 0 atom stereocenters. The summed E-state index contributed by atoms with van der Waals surface area (Å²) in [5, 5.41) is 15.2. The molecule has 0 spiro atoms. The van der Waals surface area contributed by atoms with E-state index in [1.165, 1.54) is 4.68 Å². The summed E-state index contributed by atoms with van der Waals surface area (Å²) in [4.78, 5) is 23.2. The Morgan fingerprint density at radius 2 is 1.59 bits per heavy atom. The fraction of sp³-hybridized carbons (Fsp3) is 0.200. The smallest absolute Gasteiger partial charge is 0.328 e. The minimum absolute atomic E-state index is 0.0783. The van der Waals surface area contributed by atoms with Crippen LogP contribution in [0.25, 0.3) is 0 Å². The van der Waals surface area contributed by atoms with Gasteiger partial charge in [-0.3, -0.25) is 19.6 Å². The Bertz CT molecular complexity index is 913. The zero-order valence-corrected chi connectivity index (χ0v) is 15.0. The number of hydrogen-bond donors (Lipinski definition) is 0. The van der Waals surface area contributed by atoms with Crippen LogP contribution in [0.1, 0.15) is 28.6 Å². The van der Waals surface area contributed by atoms with E-state index >= 15 is 0 Å². The SMILES string of the molecule is Cc1nn(CC(=O)OC(c2ccccc2)c2ccccc2)c(C)c1[N+](=O)[O-]. The minimum atomic E-state index is -0.563. The standard InChI is InChI=1S/C20H19N3O4/c1-14-19(23(25)26)15(2)22(21-14)13-18(24)27-20(16-9-5-3-6-10-16)17-11-7-4-8-12-17/h3-12,20H,13H2,1-2H3. The molecule has 0 saturated heterocycles. The van der Waals surface area contributed by atoms with Crippen LogP contribution in [0, 0.1) is 24.0 Å². The summed E-state index contributed by atoms with van der Waals surface area (Å²) in [6.45, 7) is 2.91. The average molecular weight is 365 g/mol. The van der Waals surface area contributed by atoms with E-state index in [0.717, 1.165) is 11.1 Å². The average Bonchev–Trinajstić information content (AvgIpc) is 2.94. The molecular weight excluding hydrogens is 346 g/mol. The number of carbonyl (C=O) groups excluding carboxylic acids is 1. The number of rotatable bonds is 6. The van der Waals surface area contributed by atoms with Crippen LogP contribution in [0.2, 0.25) is 0 Å². The normalized spacial score (nSPS) is 10.8. The molecule has 0 saturated carbocycles. The lowest BCUT2D eigenvalue weighted by Crippen LogP contribution is -2.19. The number of benzene rings is 2. The molecule has 1 aromatic heterocycles. The maximum atomic E-state index is 12.6. The van der Waals surface area contributed by atoms with Gasteiger partial charge in [0, 0.05) is 0 Å². The Labute approximate surface area is 156 Å². The van der Waals surface area contributed by atoms with Gasteiger partial charge in [0.15, 0.2) is 6.10 Å². The van der Waals surface area contributed by atoms with Gasteiger partial charge in [0.2, 0.25) is 0 Å². The van der Waals surface area contributed by atoms with Crippen molar-refractivity contribution in [2.75, 3.05) is 0 Å². The third kappa shape index (κ3) is 4.03. The zero-order valence-electron chi connectivity index (χ0n) is 15.0. The van der Waals surface area contributed by atoms with Crippen LogP contribution in [0.4, 0.5) is 5.69 Å². The number of aryl methyl sites for hydroxylation is 1. The van der Waals surface area contributed by atoms with E-state index < -0.39 is 17.0 Å². The molecule has 0 bridgehead atoms. The topological polar surface area (TPSA) is 87.3 Å². The maximum absolute atomic E-state index is 12.6. The number of carbonyl (C=O) groups is 1. The van der Waals surface area contributed by atoms with Gasteiger partial charge in [0.25, 0.3) is 0 Å². The highest BCUT2D eigenvalue weighted by Gasteiger charge is 2.25. The highest BCUT2D eigenvalue weighted by atomic mass is 16.6. The molecular formula is C20H19N3O4. The van der Waals surface area contributed by atoms with Crippen LogP contribution in [0.5, 0.6) is 0 Å². The second-order valence-electron chi connectivity index (χ2n) is 6.13. The van der Waals surface area contributed by atoms with Crippen molar-refractivity contribution >= 4 is 11.7 Å². The monoisotopic (exact) mass is 365 g/mol. The second-order valence-corrected chi connectivity index (χ2v) is 6.13. The summed E-state index contributed by atoms with van der Waals surface area (Å²) in [6, 6.07) is 18.8. The largest absolute Gasteiger partial charge is 0.451 e. The number of nitro groups is 1. The number of aromatic nitrogens is 2. The maximum Gasteiger partial charge on any atom is 0.328 e. The first-order valence-corrected chi connectivity index (χ1v) is 8.45. The molecule has 0 aliphatic carbocycles. The van der Waals surface area contributed by atoms with Crippen molar-refractivity contribution in [1.29, 1.82) is 0 Å². The molecule has 3 rings (SSSR count). The Morgan fingerprint density at radius 3 is 2.04 bits per heavy atom. The molecule has 2 aromatic carbocycles. The lowest BCUT2D eigenvalue weighted by atomic mass is 10.0. The van der Waals surface area contributed by atoms with Crippen LogP contribution in [0.3, 0.4) is 0 Å². The molecule has 1 heterocycles. The fourth-order valence-corrected chi connectivity index (χ4v) is 2.98. The highest BCUT2D eigenvalue weighted by Crippen LogP contribution is 2.27. The zero-order chi connectivity index (χ0) is 19.4. The van der Waals surface area contributed by atoms with Gasteiger partial charge in [-0.1, -0.05) is 60.7 Å². The van der Waals surface area contributed by atoms with Crippen LogP contribution >= 0.6 is 0 Å². The van der Waals surface area contributed by atoms with E-state index in [1.807, 2.05) is 60.7 Å². The predicted molar refractivity (Wildman–Crippen MR) is 99.2 cm³/mol. The van der Waals surface area contributed by atoms with E-state index in [1.54, 1.807) is 13.8 Å². The Morgan fingerprint density at radius 1 is 1.07 bits per heavy atom. The van der Waals surface area contributed by atoms with E-state index in [2.05, 4.69) is 5.10 Å². The summed E-state index contributed by atoms with van der Waals surface area (Å²) in [6.07, 6.45) is -0.563. The van der Waals surface area contributed by atoms with E-state index in [0.29, 0.717) is 5.69 Å². The molecule has 0 fully saturated rings. The molecule has 0 N–H and O–H groups in total. The van der Waals surface area contributed by atoms with Crippen molar-refractivity contribution in [3.8, 4) is 0 Å². The molecule has 27 heavy (non-hydrogen) atoms. The van der Waals surface area contributed by atoms with Gasteiger partial charge in [-0.2, -0.15) is 5.10 Å². The Hall–Kier alpha value is -3.48. The summed E-state index contributed by atoms with van der Waals surface area (Å²) in [5.74, 6) is -0.520. The summed E-state index contributed by atoms with van der Waals surface area (Å²) in [7, 11) is 0. The van der Waals surface area contributed by atoms with Crippen LogP contribution in [0.15, 0.2) is 60.7 Å². The van der Waals surface area contributed by atoms with Gasteiger partial charge in [-0.15, -0.1) is 0 Å². The van der Waals surface area contributed by atoms with Gasteiger partial charge < -0.3 is 4.74 Å². The van der Waals surface area contributed by atoms with E-state index in [4.69, 9.17) is 4.74 Å². The van der Waals surface area contributed by atoms with Gasteiger partial charge in [0.1, 0.15) is 17.9 Å². The molecule has 0 aliphatic heterocycles. The van der Waals surface area contributed by atoms with E-state index in [9.17, 15) is 14.9 Å². The molecule has 0 aliphatic rings. The molecule has 0 unspecified atom stereocenters. The lowest BCUT2D eigenvalue weighted by molar-refractivity contribution is -0.386. The Kier molecular flexibility index (Phi) is 5.30. The van der Waals surface area contributed by atoms with Crippen molar-refractivity contribution in [2.24, 2.45) is 0 Å². The van der Waals surface area contributed by atoms with Crippen LogP contribution < -0.4 is 0 Å². The van der Waals surface area contributed by atoms with Crippen molar-refractivity contribution in [3.05, 3.63) is 93.3 Å². The predicted octanol–water partition coefficient (Wildman–Crippen LogP) is 3.74. The third-order valence-corrected chi connectivity index (χ3v) is 4.26. The number of nitrogens with zero attached hydrogens (tertiary/aromatic N) is 3. The summed E-state index contributed by atoms with van der Waals surface area (Å²) >= 11 is 0. The fourth-order valence-electron chi connectivity index (χ4n) is 2.98. The molecule has 3 aromatic rings. The Balaban J connectivity index is 1.84. The molecule has 0 amide bonds. The van der Waals surface area contributed by atoms with Crippen molar-refractivity contribution in [2.45, 2.75) is 26.5 Å². The van der Waals surface area contributed by atoms with Crippen molar-refractivity contribution < 1.29 is 14.5 Å². The highest BCUT2D eigenvalue weighted by molar-refractivity contribution is 5.70. The van der Waals surface area contributed by atoms with E-state index in [-0.39, 0.29) is 17.9 Å². The number of esters is 1. The molecule has 7 nitrogen and oxygen atoms in total. The molecule has 138 valence electrons.